The summed E-state index contributed by atoms with van der Waals surface area (Å²) in [5, 5.41) is 10.7. The molecule has 0 aromatic heterocycles. The van der Waals surface area contributed by atoms with Gasteiger partial charge in [-0.1, -0.05) is 28.1 Å². The van der Waals surface area contributed by atoms with Gasteiger partial charge in [0.15, 0.2) is 5.82 Å². The second kappa shape index (κ2) is 4.23. The van der Waals surface area contributed by atoms with Gasteiger partial charge < -0.3 is 5.11 Å². The van der Waals surface area contributed by atoms with Crippen LogP contribution in [0.1, 0.15) is 5.56 Å². The van der Waals surface area contributed by atoms with Gasteiger partial charge in [0.05, 0.1) is 5.69 Å². The SMILES string of the molecule is O=C(O)Nc1cccc(CBr)c1F. The smallest absolute Gasteiger partial charge is 0.409 e. The van der Waals surface area contributed by atoms with Crippen LogP contribution in [0.5, 0.6) is 0 Å². The number of rotatable bonds is 2. The highest BCUT2D eigenvalue weighted by atomic mass is 79.9. The molecule has 0 heterocycles. The summed E-state index contributed by atoms with van der Waals surface area (Å²) in [5.74, 6) is -0.540. The Morgan fingerprint density at radius 2 is 2.31 bits per heavy atom. The largest absolute Gasteiger partial charge is 0.465 e. The molecule has 0 aliphatic carbocycles. The standard InChI is InChI=1S/C8H7BrFNO2/c9-4-5-2-1-3-6(7(5)10)11-8(12)13/h1-3,11H,4H2,(H,12,13). The molecule has 1 rings (SSSR count). The van der Waals surface area contributed by atoms with E-state index in [2.05, 4.69) is 15.9 Å². The number of hydrogen-bond acceptors (Lipinski definition) is 1. The Hall–Kier alpha value is -1.10. The molecule has 0 atom stereocenters. The van der Waals surface area contributed by atoms with Crippen molar-refractivity contribution in [2.45, 2.75) is 5.33 Å². The van der Waals surface area contributed by atoms with Crippen molar-refractivity contribution in [3.05, 3.63) is 29.6 Å². The predicted molar refractivity (Wildman–Crippen MR) is 50.7 cm³/mol. The number of anilines is 1. The third-order valence-corrected chi connectivity index (χ3v) is 2.07. The van der Waals surface area contributed by atoms with Crippen molar-refractivity contribution in [3.63, 3.8) is 0 Å². The number of carboxylic acid groups (broad SMARTS) is 1. The lowest BCUT2D eigenvalue weighted by Gasteiger charge is -2.04. The molecule has 5 heteroatoms. The second-order valence-electron chi connectivity index (χ2n) is 2.34. The van der Waals surface area contributed by atoms with Crippen LogP contribution in [0.25, 0.3) is 0 Å². The molecular weight excluding hydrogens is 241 g/mol. The topological polar surface area (TPSA) is 49.3 Å². The molecule has 0 aliphatic rings. The van der Waals surface area contributed by atoms with Crippen LogP contribution < -0.4 is 5.32 Å². The first-order chi connectivity index (χ1) is 6.15. The molecule has 2 N–H and O–H groups in total. The van der Waals surface area contributed by atoms with E-state index in [1.807, 2.05) is 5.32 Å². The van der Waals surface area contributed by atoms with E-state index in [4.69, 9.17) is 5.11 Å². The van der Waals surface area contributed by atoms with Gasteiger partial charge in [0.1, 0.15) is 0 Å². The molecule has 1 aromatic rings. The Morgan fingerprint density at radius 1 is 1.62 bits per heavy atom. The van der Waals surface area contributed by atoms with Crippen molar-refractivity contribution < 1.29 is 14.3 Å². The number of alkyl halides is 1. The van der Waals surface area contributed by atoms with Gasteiger partial charge in [-0.3, -0.25) is 5.32 Å². The molecule has 1 amide bonds. The van der Waals surface area contributed by atoms with E-state index < -0.39 is 11.9 Å². The average molecular weight is 248 g/mol. The molecule has 3 nitrogen and oxygen atoms in total. The summed E-state index contributed by atoms with van der Waals surface area (Å²) in [6.07, 6.45) is -1.27. The van der Waals surface area contributed by atoms with Gasteiger partial charge in [0.25, 0.3) is 0 Å². The lowest BCUT2D eigenvalue weighted by Crippen LogP contribution is -2.09. The van der Waals surface area contributed by atoms with E-state index >= 15 is 0 Å². The third kappa shape index (κ3) is 2.42. The molecule has 0 radical (unpaired) electrons. The highest BCUT2D eigenvalue weighted by molar-refractivity contribution is 9.08. The number of hydrogen-bond donors (Lipinski definition) is 2. The first kappa shape index (κ1) is 9.98. The molecule has 1 aromatic carbocycles. The van der Waals surface area contributed by atoms with Gasteiger partial charge >= 0.3 is 6.09 Å². The quantitative estimate of drug-likeness (QED) is 0.790. The van der Waals surface area contributed by atoms with Crippen LogP contribution in [0.15, 0.2) is 18.2 Å². The normalized spacial score (nSPS) is 9.69. The minimum Gasteiger partial charge on any atom is -0.465 e. The number of amides is 1. The van der Waals surface area contributed by atoms with E-state index in [9.17, 15) is 9.18 Å². The fourth-order valence-corrected chi connectivity index (χ4v) is 1.33. The molecule has 0 bridgehead atoms. The fourth-order valence-electron chi connectivity index (χ4n) is 0.895. The number of halogens is 2. The zero-order valence-corrected chi connectivity index (χ0v) is 8.14. The van der Waals surface area contributed by atoms with Crippen LogP contribution in [-0.2, 0) is 5.33 Å². The summed E-state index contributed by atoms with van der Waals surface area (Å²) < 4.78 is 13.3. The van der Waals surface area contributed by atoms with E-state index in [1.165, 1.54) is 6.07 Å². The number of benzene rings is 1. The molecule has 70 valence electrons. The van der Waals surface area contributed by atoms with Crippen molar-refractivity contribution >= 4 is 27.7 Å². The minimum atomic E-state index is -1.27. The van der Waals surface area contributed by atoms with Crippen LogP contribution in [0.2, 0.25) is 0 Å². The van der Waals surface area contributed by atoms with E-state index in [1.54, 1.807) is 12.1 Å². The van der Waals surface area contributed by atoms with Gasteiger partial charge in [-0.25, -0.2) is 9.18 Å². The molecule has 0 saturated heterocycles. The van der Waals surface area contributed by atoms with Gasteiger partial charge in [0.2, 0.25) is 0 Å². The molecule has 0 unspecified atom stereocenters. The Bertz CT molecular complexity index is 330. The van der Waals surface area contributed by atoms with Gasteiger partial charge in [-0.05, 0) is 6.07 Å². The average Bonchev–Trinajstić information content (AvgIpc) is 2.08. The highest BCUT2D eigenvalue weighted by Crippen LogP contribution is 2.19. The maximum atomic E-state index is 13.3. The zero-order valence-electron chi connectivity index (χ0n) is 6.55. The van der Waals surface area contributed by atoms with Crippen molar-refractivity contribution in [2.75, 3.05) is 5.32 Å². The van der Waals surface area contributed by atoms with Crippen molar-refractivity contribution in [2.24, 2.45) is 0 Å². The van der Waals surface area contributed by atoms with Crippen molar-refractivity contribution in [3.8, 4) is 0 Å². The highest BCUT2D eigenvalue weighted by Gasteiger charge is 2.08. The van der Waals surface area contributed by atoms with Crippen molar-refractivity contribution in [1.82, 2.24) is 0 Å². The van der Waals surface area contributed by atoms with E-state index in [0.29, 0.717) is 10.9 Å². The van der Waals surface area contributed by atoms with Crippen LogP contribution in [-0.4, -0.2) is 11.2 Å². The monoisotopic (exact) mass is 247 g/mol. The van der Waals surface area contributed by atoms with Crippen LogP contribution in [0.3, 0.4) is 0 Å². The molecule has 0 fully saturated rings. The zero-order chi connectivity index (χ0) is 9.84. The van der Waals surface area contributed by atoms with Crippen LogP contribution in [0, 0.1) is 5.82 Å². The van der Waals surface area contributed by atoms with Crippen molar-refractivity contribution in [1.29, 1.82) is 0 Å². The fraction of sp³-hybridized carbons (Fsp3) is 0.125. The lowest BCUT2D eigenvalue weighted by atomic mass is 10.2. The Labute approximate surface area is 82.7 Å². The third-order valence-electron chi connectivity index (χ3n) is 1.46. The van der Waals surface area contributed by atoms with Gasteiger partial charge in [-0.15, -0.1) is 0 Å². The molecular formula is C8H7BrFNO2. The van der Waals surface area contributed by atoms with Gasteiger partial charge in [0, 0.05) is 10.9 Å². The summed E-state index contributed by atoms with van der Waals surface area (Å²) in [5.41, 5.74) is 0.399. The maximum absolute atomic E-state index is 13.3. The summed E-state index contributed by atoms with van der Waals surface area (Å²) in [7, 11) is 0. The number of carbonyl (C=O) groups is 1. The van der Waals surface area contributed by atoms with Crippen LogP contribution >= 0.6 is 15.9 Å². The maximum Gasteiger partial charge on any atom is 0.409 e. The Kier molecular flexibility index (Phi) is 3.25. The first-order valence-electron chi connectivity index (χ1n) is 3.48. The Balaban J connectivity index is 3.01. The summed E-state index contributed by atoms with van der Waals surface area (Å²) in [6.45, 7) is 0. The number of nitrogens with one attached hydrogen (secondary N) is 1. The predicted octanol–water partition coefficient (Wildman–Crippen LogP) is 2.81. The molecule has 0 saturated carbocycles. The molecule has 0 spiro atoms. The summed E-state index contributed by atoms with van der Waals surface area (Å²) in [6, 6.07) is 4.54. The van der Waals surface area contributed by atoms with E-state index in [-0.39, 0.29) is 5.69 Å². The lowest BCUT2D eigenvalue weighted by molar-refractivity contribution is 0.209. The molecule has 13 heavy (non-hydrogen) atoms. The van der Waals surface area contributed by atoms with Gasteiger partial charge in [-0.2, -0.15) is 0 Å². The second-order valence-corrected chi connectivity index (χ2v) is 2.90. The minimum absolute atomic E-state index is 0.0237. The molecule has 0 aliphatic heterocycles. The first-order valence-corrected chi connectivity index (χ1v) is 4.60. The van der Waals surface area contributed by atoms with E-state index in [0.717, 1.165) is 0 Å². The summed E-state index contributed by atoms with van der Waals surface area (Å²) >= 11 is 3.09. The Morgan fingerprint density at radius 3 is 2.85 bits per heavy atom. The van der Waals surface area contributed by atoms with Crippen LogP contribution in [0.4, 0.5) is 14.9 Å². The summed E-state index contributed by atoms with van der Waals surface area (Å²) in [4.78, 5) is 10.2.